The highest BCUT2D eigenvalue weighted by Crippen LogP contribution is 2.48. The van der Waals surface area contributed by atoms with Gasteiger partial charge in [-0.2, -0.15) is 0 Å². The summed E-state index contributed by atoms with van der Waals surface area (Å²) >= 11 is 1.58. The standard InChI is InChI=1S/C22H22N4O3S/c1-12-11-30-20(23-12)15-9-14(10-27)26-17(13-7-5-4-6-8-13)16-19(18(15)26)24(2)22(29)25(3)21(16)28/h4-8,11,14-15,27H,9-10H2,1-3H3/t14-,15-/m0/s1. The molecule has 0 amide bonds. The maximum absolute atomic E-state index is 13.3. The Morgan fingerprint density at radius 3 is 2.53 bits per heavy atom. The van der Waals surface area contributed by atoms with Crippen molar-refractivity contribution >= 4 is 22.2 Å². The molecule has 4 aromatic rings. The minimum Gasteiger partial charge on any atom is -0.394 e. The number of hydrogen-bond donors (Lipinski definition) is 1. The fourth-order valence-corrected chi connectivity index (χ4v) is 5.61. The molecule has 154 valence electrons. The molecule has 0 saturated carbocycles. The summed E-state index contributed by atoms with van der Waals surface area (Å²) in [5, 5.41) is 13.7. The van der Waals surface area contributed by atoms with Gasteiger partial charge in [0, 0.05) is 25.2 Å². The third kappa shape index (κ3) is 2.50. The van der Waals surface area contributed by atoms with Crippen LogP contribution in [0.5, 0.6) is 0 Å². The lowest BCUT2D eigenvalue weighted by molar-refractivity contribution is 0.232. The van der Waals surface area contributed by atoms with E-state index in [1.807, 2.05) is 42.6 Å². The molecule has 0 fully saturated rings. The smallest absolute Gasteiger partial charge is 0.331 e. The molecule has 0 spiro atoms. The summed E-state index contributed by atoms with van der Waals surface area (Å²) < 4.78 is 4.78. The number of rotatable bonds is 3. The number of thiazole rings is 1. The van der Waals surface area contributed by atoms with E-state index in [2.05, 4.69) is 4.57 Å². The first-order valence-corrected chi connectivity index (χ1v) is 10.7. The number of aryl methyl sites for hydroxylation is 2. The number of aliphatic hydroxyl groups is 1. The van der Waals surface area contributed by atoms with E-state index in [0.717, 1.165) is 32.2 Å². The molecule has 3 aromatic heterocycles. The highest BCUT2D eigenvalue weighted by molar-refractivity contribution is 7.09. The summed E-state index contributed by atoms with van der Waals surface area (Å²) in [5.41, 5.74) is 3.43. The predicted molar refractivity (Wildman–Crippen MR) is 117 cm³/mol. The maximum atomic E-state index is 13.3. The molecule has 1 aliphatic heterocycles. The topological polar surface area (TPSA) is 82.0 Å². The van der Waals surface area contributed by atoms with Gasteiger partial charge in [0.2, 0.25) is 0 Å². The van der Waals surface area contributed by atoms with E-state index < -0.39 is 0 Å². The SMILES string of the molecule is Cc1csc([C@H]2C[C@@H](CO)n3c(-c4ccccc4)c4c(=O)n(C)c(=O)n(C)c4c32)n1. The number of hydrogen-bond acceptors (Lipinski definition) is 5. The zero-order valence-electron chi connectivity index (χ0n) is 17.0. The molecule has 1 aliphatic rings. The Kier molecular flexibility index (Phi) is 4.30. The van der Waals surface area contributed by atoms with Gasteiger partial charge in [0.1, 0.15) is 5.01 Å². The van der Waals surface area contributed by atoms with Crippen molar-refractivity contribution in [3.63, 3.8) is 0 Å². The van der Waals surface area contributed by atoms with Crippen LogP contribution in [0.2, 0.25) is 0 Å². The van der Waals surface area contributed by atoms with Crippen molar-refractivity contribution in [2.45, 2.75) is 25.3 Å². The van der Waals surface area contributed by atoms with E-state index in [-0.39, 0.29) is 29.8 Å². The summed E-state index contributed by atoms with van der Waals surface area (Å²) in [4.78, 5) is 30.8. The van der Waals surface area contributed by atoms with Crippen molar-refractivity contribution in [1.82, 2.24) is 18.7 Å². The molecule has 0 radical (unpaired) electrons. The summed E-state index contributed by atoms with van der Waals surface area (Å²) in [5.74, 6) is -0.0847. The highest BCUT2D eigenvalue weighted by atomic mass is 32.1. The second-order valence-corrected chi connectivity index (χ2v) is 8.74. The van der Waals surface area contributed by atoms with E-state index in [1.54, 1.807) is 23.0 Å². The molecular weight excluding hydrogens is 400 g/mol. The molecule has 4 heterocycles. The number of benzene rings is 1. The van der Waals surface area contributed by atoms with E-state index >= 15 is 0 Å². The van der Waals surface area contributed by atoms with Crippen LogP contribution < -0.4 is 11.2 Å². The molecule has 1 aromatic carbocycles. The highest BCUT2D eigenvalue weighted by Gasteiger charge is 2.40. The lowest BCUT2D eigenvalue weighted by Crippen LogP contribution is -2.37. The molecule has 1 N–H and O–H groups in total. The van der Waals surface area contributed by atoms with Gasteiger partial charge in [0.15, 0.2) is 0 Å². The number of aromatic nitrogens is 4. The predicted octanol–water partition coefficient (Wildman–Crippen LogP) is 2.54. The molecule has 7 nitrogen and oxygen atoms in total. The van der Waals surface area contributed by atoms with Crippen LogP contribution in [0.25, 0.3) is 22.2 Å². The molecule has 30 heavy (non-hydrogen) atoms. The number of aliphatic hydroxyl groups excluding tert-OH is 1. The molecule has 0 aliphatic carbocycles. The van der Waals surface area contributed by atoms with Crippen molar-refractivity contribution in [2.75, 3.05) is 6.61 Å². The van der Waals surface area contributed by atoms with Gasteiger partial charge in [-0.3, -0.25) is 13.9 Å². The summed E-state index contributed by atoms with van der Waals surface area (Å²) in [6.07, 6.45) is 0.679. The molecule has 5 rings (SSSR count). The summed E-state index contributed by atoms with van der Waals surface area (Å²) in [7, 11) is 3.21. The lowest BCUT2D eigenvalue weighted by atomic mass is 10.00. The Hall–Kier alpha value is -2.97. The second kappa shape index (κ2) is 6.78. The van der Waals surface area contributed by atoms with Crippen LogP contribution in [0.1, 0.15) is 34.8 Å². The van der Waals surface area contributed by atoms with Crippen LogP contribution in [0.3, 0.4) is 0 Å². The number of fused-ring (bicyclic) bond motifs is 3. The van der Waals surface area contributed by atoms with Crippen molar-refractivity contribution in [3.05, 3.63) is 72.9 Å². The summed E-state index contributed by atoms with van der Waals surface area (Å²) in [6.45, 7) is 1.90. The molecule has 2 atom stereocenters. The van der Waals surface area contributed by atoms with Gasteiger partial charge in [-0.05, 0) is 18.9 Å². The fraction of sp³-hybridized carbons (Fsp3) is 0.318. The van der Waals surface area contributed by atoms with E-state index in [9.17, 15) is 14.7 Å². The van der Waals surface area contributed by atoms with E-state index in [0.29, 0.717) is 17.3 Å². The zero-order valence-corrected chi connectivity index (χ0v) is 17.8. The Morgan fingerprint density at radius 2 is 1.90 bits per heavy atom. The Balaban J connectivity index is 1.99. The van der Waals surface area contributed by atoms with Crippen molar-refractivity contribution in [3.8, 4) is 11.3 Å². The third-order valence-corrected chi connectivity index (χ3v) is 7.12. The maximum Gasteiger partial charge on any atom is 0.331 e. The first-order chi connectivity index (χ1) is 14.4. The van der Waals surface area contributed by atoms with Crippen molar-refractivity contribution < 1.29 is 5.11 Å². The fourth-order valence-electron chi connectivity index (χ4n) is 4.70. The molecular formula is C22H22N4O3S. The first kappa shape index (κ1) is 19.0. The first-order valence-electron chi connectivity index (χ1n) is 9.86. The van der Waals surface area contributed by atoms with Gasteiger partial charge in [0.05, 0.1) is 40.9 Å². The second-order valence-electron chi connectivity index (χ2n) is 7.85. The van der Waals surface area contributed by atoms with Crippen LogP contribution in [0.4, 0.5) is 0 Å². The average molecular weight is 423 g/mol. The van der Waals surface area contributed by atoms with Crippen molar-refractivity contribution in [2.24, 2.45) is 14.1 Å². The Morgan fingerprint density at radius 1 is 1.17 bits per heavy atom. The van der Waals surface area contributed by atoms with Crippen LogP contribution in [0.15, 0.2) is 45.3 Å². The van der Waals surface area contributed by atoms with Gasteiger partial charge >= 0.3 is 5.69 Å². The molecule has 0 saturated heterocycles. The minimum atomic E-state index is -0.359. The third-order valence-electron chi connectivity index (χ3n) is 6.04. The lowest BCUT2D eigenvalue weighted by Gasteiger charge is -2.15. The minimum absolute atomic E-state index is 0.0526. The van der Waals surface area contributed by atoms with Crippen LogP contribution >= 0.6 is 11.3 Å². The van der Waals surface area contributed by atoms with E-state index in [4.69, 9.17) is 4.98 Å². The Labute approximate surface area is 176 Å². The zero-order chi connectivity index (χ0) is 21.2. The van der Waals surface area contributed by atoms with Gasteiger partial charge in [0.25, 0.3) is 5.56 Å². The Bertz CT molecular complexity index is 1390. The molecule has 0 unspecified atom stereocenters. The molecule has 8 heteroatoms. The van der Waals surface area contributed by atoms with Gasteiger partial charge in [-0.1, -0.05) is 30.3 Å². The van der Waals surface area contributed by atoms with Gasteiger partial charge in [-0.15, -0.1) is 11.3 Å². The quantitative estimate of drug-likeness (QED) is 0.550. The van der Waals surface area contributed by atoms with Crippen molar-refractivity contribution in [1.29, 1.82) is 0 Å². The monoisotopic (exact) mass is 422 g/mol. The largest absolute Gasteiger partial charge is 0.394 e. The van der Waals surface area contributed by atoms with Crippen LogP contribution in [-0.4, -0.2) is 30.4 Å². The average Bonchev–Trinajstić information content (AvgIpc) is 3.44. The summed E-state index contributed by atoms with van der Waals surface area (Å²) in [6, 6.07) is 9.51. The van der Waals surface area contributed by atoms with E-state index in [1.165, 1.54) is 7.05 Å². The number of nitrogens with zero attached hydrogens (tertiary/aromatic N) is 4. The normalized spacial score (nSPS) is 18.3. The molecule has 0 bridgehead atoms. The van der Waals surface area contributed by atoms with Gasteiger partial charge < -0.3 is 9.67 Å². The van der Waals surface area contributed by atoms with Gasteiger partial charge in [-0.25, -0.2) is 9.78 Å². The van der Waals surface area contributed by atoms with Crippen LogP contribution in [0, 0.1) is 6.92 Å². The van der Waals surface area contributed by atoms with Crippen LogP contribution in [-0.2, 0) is 14.1 Å².